The molecular weight excluding hydrogens is 212 g/mol. The van der Waals surface area contributed by atoms with Gasteiger partial charge in [0.25, 0.3) is 5.56 Å². The highest BCUT2D eigenvalue weighted by Crippen LogP contribution is 2.12. The quantitative estimate of drug-likeness (QED) is 0.455. The SMILES string of the molecule is CCC(=O)CCCSc1nccc(=O)[nH]1. The van der Waals surface area contributed by atoms with Gasteiger partial charge in [-0.25, -0.2) is 4.98 Å². The van der Waals surface area contributed by atoms with Gasteiger partial charge in [0.2, 0.25) is 0 Å². The predicted octanol–water partition coefficient (Wildman–Crippen LogP) is 1.62. The fraction of sp³-hybridized carbons (Fsp3) is 0.500. The second-order valence-electron chi connectivity index (χ2n) is 3.08. The molecule has 1 aromatic rings. The number of nitrogens with zero attached hydrogens (tertiary/aromatic N) is 1. The largest absolute Gasteiger partial charge is 0.301 e. The average Bonchev–Trinajstić information content (AvgIpc) is 2.24. The van der Waals surface area contributed by atoms with Crippen LogP contribution in [0.25, 0.3) is 0 Å². The van der Waals surface area contributed by atoms with Gasteiger partial charge in [0.1, 0.15) is 5.78 Å². The van der Waals surface area contributed by atoms with Crippen LogP contribution in [0.5, 0.6) is 0 Å². The molecule has 0 saturated heterocycles. The highest BCUT2D eigenvalue weighted by molar-refractivity contribution is 7.99. The molecule has 0 bridgehead atoms. The zero-order valence-corrected chi connectivity index (χ0v) is 9.47. The molecule has 0 aliphatic heterocycles. The number of nitrogens with one attached hydrogen (secondary N) is 1. The Labute approximate surface area is 92.5 Å². The van der Waals surface area contributed by atoms with Crippen molar-refractivity contribution < 1.29 is 4.79 Å². The van der Waals surface area contributed by atoms with Gasteiger partial charge in [-0.3, -0.25) is 9.59 Å². The van der Waals surface area contributed by atoms with E-state index in [0.29, 0.717) is 18.0 Å². The number of thioether (sulfide) groups is 1. The number of hydrogen-bond donors (Lipinski definition) is 1. The number of carbonyl (C=O) groups excluding carboxylic acids is 1. The summed E-state index contributed by atoms with van der Waals surface area (Å²) in [6.45, 7) is 1.87. The van der Waals surface area contributed by atoms with Gasteiger partial charge < -0.3 is 4.98 Å². The van der Waals surface area contributed by atoms with Crippen LogP contribution in [0.4, 0.5) is 0 Å². The molecule has 0 atom stereocenters. The van der Waals surface area contributed by atoms with Gasteiger partial charge >= 0.3 is 0 Å². The highest BCUT2D eigenvalue weighted by atomic mass is 32.2. The highest BCUT2D eigenvalue weighted by Gasteiger charge is 1.99. The maximum atomic E-state index is 11.0. The standard InChI is InChI=1S/C10H14N2O2S/c1-2-8(13)4-3-7-15-10-11-6-5-9(14)12-10/h5-6H,2-4,7H2,1H3,(H,11,12,14). The van der Waals surface area contributed by atoms with E-state index in [-0.39, 0.29) is 11.3 Å². The molecule has 5 heteroatoms. The number of aromatic nitrogens is 2. The van der Waals surface area contributed by atoms with Crippen LogP contribution in [0.2, 0.25) is 0 Å². The molecular formula is C10H14N2O2S. The van der Waals surface area contributed by atoms with Crippen molar-refractivity contribution in [1.82, 2.24) is 9.97 Å². The van der Waals surface area contributed by atoms with Crippen molar-refractivity contribution in [2.75, 3.05) is 5.75 Å². The summed E-state index contributed by atoms with van der Waals surface area (Å²) in [5.41, 5.74) is -0.142. The van der Waals surface area contributed by atoms with Gasteiger partial charge in [0.15, 0.2) is 5.16 Å². The van der Waals surface area contributed by atoms with E-state index in [1.54, 1.807) is 0 Å². The van der Waals surface area contributed by atoms with Crippen LogP contribution in [0.3, 0.4) is 0 Å². The van der Waals surface area contributed by atoms with Gasteiger partial charge in [-0.2, -0.15) is 0 Å². The van der Waals surface area contributed by atoms with Gasteiger partial charge in [-0.15, -0.1) is 0 Å². The Morgan fingerprint density at radius 2 is 2.40 bits per heavy atom. The van der Waals surface area contributed by atoms with E-state index in [2.05, 4.69) is 9.97 Å². The first-order valence-electron chi connectivity index (χ1n) is 4.92. The van der Waals surface area contributed by atoms with Crippen LogP contribution in [0, 0.1) is 0 Å². The minimum atomic E-state index is -0.142. The summed E-state index contributed by atoms with van der Waals surface area (Å²) < 4.78 is 0. The molecule has 82 valence electrons. The third-order valence-corrected chi connectivity index (χ3v) is 2.85. The number of hydrogen-bond acceptors (Lipinski definition) is 4. The van der Waals surface area contributed by atoms with Crippen molar-refractivity contribution in [3.8, 4) is 0 Å². The van der Waals surface area contributed by atoms with Crippen molar-refractivity contribution in [3.63, 3.8) is 0 Å². The normalized spacial score (nSPS) is 10.2. The van der Waals surface area contributed by atoms with Crippen molar-refractivity contribution in [2.45, 2.75) is 31.3 Å². The fourth-order valence-corrected chi connectivity index (χ4v) is 1.83. The summed E-state index contributed by atoms with van der Waals surface area (Å²) in [5, 5.41) is 0.617. The van der Waals surface area contributed by atoms with E-state index < -0.39 is 0 Å². The van der Waals surface area contributed by atoms with Crippen molar-refractivity contribution in [3.05, 3.63) is 22.6 Å². The molecule has 0 aliphatic carbocycles. The summed E-state index contributed by atoms with van der Waals surface area (Å²) in [5.74, 6) is 1.09. The predicted molar refractivity (Wildman–Crippen MR) is 60.1 cm³/mol. The van der Waals surface area contributed by atoms with Gasteiger partial charge in [0.05, 0.1) is 0 Å². The molecule has 4 nitrogen and oxygen atoms in total. The minimum absolute atomic E-state index is 0.142. The van der Waals surface area contributed by atoms with Crippen LogP contribution in [0.1, 0.15) is 26.2 Å². The Hall–Kier alpha value is -1.10. The molecule has 0 amide bonds. The summed E-state index contributed by atoms with van der Waals surface area (Å²) in [6.07, 6.45) is 3.53. The topological polar surface area (TPSA) is 62.8 Å². The van der Waals surface area contributed by atoms with E-state index in [1.807, 2.05) is 6.92 Å². The molecule has 0 saturated carbocycles. The van der Waals surface area contributed by atoms with E-state index in [9.17, 15) is 9.59 Å². The zero-order valence-electron chi connectivity index (χ0n) is 8.66. The molecule has 1 aromatic heterocycles. The molecule has 1 N–H and O–H groups in total. The molecule has 0 aromatic carbocycles. The minimum Gasteiger partial charge on any atom is -0.301 e. The number of H-pyrrole nitrogens is 1. The van der Waals surface area contributed by atoms with Gasteiger partial charge in [-0.1, -0.05) is 18.7 Å². The monoisotopic (exact) mass is 226 g/mol. The van der Waals surface area contributed by atoms with Crippen molar-refractivity contribution in [2.24, 2.45) is 0 Å². The summed E-state index contributed by atoms with van der Waals surface area (Å²) >= 11 is 1.47. The molecule has 0 radical (unpaired) electrons. The molecule has 15 heavy (non-hydrogen) atoms. The summed E-state index contributed by atoms with van der Waals surface area (Å²) in [7, 11) is 0. The fourth-order valence-electron chi connectivity index (χ4n) is 1.04. The first-order valence-corrected chi connectivity index (χ1v) is 5.90. The van der Waals surface area contributed by atoms with Crippen LogP contribution < -0.4 is 5.56 Å². The lowest BCUT2D eigenvalue weighted by molar-refractivity contribution is -0.118. The maximum Gasteiger partial charge on any atom is 0.251 e. The second-order valence-corrected chi connectivity index (χ2v) is 4.17. The van der Waals surface area contributed by atoms with Crippen LogP contribution >= 0.6 is 11.8 Å². The Morgan fingerprint density at radius 3 is 3.07 bits per heavy atom. The molecule has 1 heterocycles. The average molecular weight is 226 g/mol. The van der Waals surface area contributed by atoms with Crippen LogP contribution in [-0.4, -0.2) is 21.5 Å². The smallest absolute Gasteiger partial charge is 0.251 e. The van der Waals surface area contributed by atoms with E-state index in [4.69, 9.17) is 0 Å². The lowest BCUT2D eigenvalue weighted by atomic mass is 10.2. The van der Waals surface area contributed by atoms with Crippen molar-refractivity contribution >= 4 is 17.5 Å². The van der Waals surface area contributed by atoms with E-state index in [1.165, 1.54) is 24.0 Å². The van der Waals surface area contributed by atoms with Gasteiger partial charge in [0, 0.05) is 30.9 Å². The first kappa shape index (κ1) is 12.0. The van der Waals surface area contributed by atoms with E-state index in [0.717, 1.165) is 12.2 Å². The number of carbonyl (C=O) groups is 1. The third kappa shape index (κ3) is 4.78. The summed E-state index contributed by atoms with van der Waals surface area (Å²) in [4.78, 5) is 28.5. The Kier molecular flexibility index (Phi) is 5.10. The number of aromatic amines is 1. The maximum absolute atomic E-state index is 11.0. The number of Topliss-reactive ketones (excluding diaryl/α,β-unsaturated/α-hetero) is 1. The van der Waals surface area contributed by atoms with E-state index >= 15 is 0 Å². The lowest BCUT2D eigenvalue weighted by Crippen LogP contribution is -2.05. The van der Waals surface area contributed by atoms with Crippen LogP contribution in [-0.2, 0) is 4.79 Å². The summed E-state index contributed by atoms with van der Waals surface area (Å²) in [6, 6.07) is 1.38. The Bertz CT molecular complexity index is 376. The Morgan fingerprint density at radius 1 is 1.60 bits per heavy atom. The second kappa shape index (κ2) is 6.40. The Balaban J connectivity index is 2.26. The zero-order chi connectivity index (χ0) is 11.1. The number of rotatable bonds is 6. The third-order valence-electron chi connectivity index (χ3n) is 1.88. The molecule has 0 unspecified atom stereocenters. The van der Waals surface area contributed by atoms with Gasteiger partial charge in [-0.05, 0) is 6.42 Å². The van der Waals surface area contributed by atoms with Crippen molar-refractivity contribution in [1.29, 1.82) is 0 Å². The lowest BCUT2D eigenvalue weighted by Gasteiger charge is -1.99. The number of ketones is 1. The first-order chi connectivity index (χ1) is 7.22. The molecule has 1 rings (SSSR count). The molecule has 0 fully saturated rings. The van der Waals surface area contributed by atoms with Crippen LogP contribution in [0.15, 0.2) is 22.2 Å². The molecule has 0 spiro atoms. The molecule has 0 aliphatic rings.